The van der Waals surface area contributed by atoms with Crippen molar-refractivity contribution in [2.75, 3.05) is 13.1 Å². The van der Waals surface area contributed by atoms with Gasteiger partial charge in [-0.25, -0.2) is 0 Å². The van der Waals surface area contributed by atoms with Gasteiger partial charge in [0, 0.05) is 35.4 Å². The summed E-state index contributed by atoms with van der Waals surface area (Å²) < 4.78 is 0. The zero-order valence-electron chi connectivity index (χ0n) is 14.2. The molecule has 144 valence electrons. The summed E-state index contributed by atoms with van der Waals surface area (Å²) in [5.41, 5.74) is 0.524. The van der Waals surface area contributed by atoms with E-state index in [1.165, 1.54) is 24.4 Å². The lowest BCUT2D eigenvalue weighted by Gasteiger charge is -2.13. The molecule has 0 atom stereocenters. The lowest BCUT2D eigenvalue weighted by atomic mass is 10.2. The summed E-state index contributed by atoms with van der Waals surface area (Å²) in [7, 11) is 0. The predicted molar refractivity (Wildman–Crippen MR) is 109 cm³/mol. The maximum Gasteiger partial charge on any atom is 0.293 e. The van der Waals surface area contributed by atoms with Crippen LogP contribution >= 0.6 is 35.0 Å². The van der Waals surface area contributed by atoms with E-state index in [4.69, 9.17) is 23.2 Å². The number of carbonyl (C=O) groups is 3. The van der Waals surface area contributed by atoms with Crippen LogP contribution in [-0.2, 0) is 4.79 Å². The van der Waals surface area contributed by atoms with Gasteiger partial charge >= 0.3 is 0 Å². The minimum atomic E-state index is -0.459. The summed E-state index contributed by atoms with van der Waals surface area (Å²) >= 11 is 12.7. The number of amides is 3. The number of benzene rings is 1. The molecule has 1 aromatic heterocycles. The van der Waals surface area contributed by atoms with Crippen molar-refractivity contribution >= 4 is 58.1 Å². The van der Waals surface area contributed by atoms with Crippen molar-refractivity contribution in [3.8, 4) is 0 Å². The Balaban J connectivity index is 1.62. The van der Waals surface area contributed by atoms with Crippen molar-refractivity contribution in [1.82, 2.24) is 15.2 Å². The number of hydrogen-bond donors (Lipinski definition) is 2. The molecule has 3 rings (SSSR count). The smallest absolute Gasteiger partial charge is 0.293 e. The lowest BCUT2D eigenvalue weighted by Crippen LogP contribution is -2.37. The molecule has 2 aromatic rings. The summed E-state index contributed by atoms with van der Waals surface area (Å²) in [6.45, 7) is 0.0937. The zero-order chi connectivity index (χ0) is 20.3. The molecule has 1 aliphatic heterocycles. The van der Waals surface area contributed by atoms with Gasteiger partial charge in [0.2, 0.25) is 5.56 Å². The monoisotopic (exact) mass is 437 g/mol. The number of nitrogens with zero attached hydrogens (tertiary/aromatic N) is 1. The number of pyridine rings is 1. The van der Waals surface area contributed by atoms with Crippen molar-refractivity contribution in [3.05, 3.63) is 73.0 Å². The van der Waals surface area contributed by atoms with Gasteiger partial charge in [-0.05, 0) is 41.6 Å². The third-order valence-corrected chi connectivity index (χ3v) is 5.26. The van der Waals surface area contributed by atoms with Crippen LogP contribution in [0.15, 0.2) is 46.2 Å². The molecule has 2 heterocycles. The standard InChI is InChI=1S/C18H13Cl2N3O4S/c19-12-3-1-10(13(20)8-12)7-14-17(26)23(18(27)28-14)6-5-21-16(25)11-2-4-15(24)22-9-11/h1-4,7-9H,5-6H2,(H,21,25)(H,22,24)/b14-7-. The fourth-order valence-electron chi connectivity index (χ4n) is 2.39. The fraction of sp³-hybridized carbons (Fsp3) is 0.111. The number of imide groups is 1. The van der Waals surface area contributed by atoms with Crippen LogP contribution in [0.2, 0.25) is 10.0 Å². The van der Waals surface area contributed by atoms with E-state index < -0.39 is 17.1 Å². The molecule has 0 bridgehead atoms. The van der Waals surface area contributed by atoms with Crippen molar-refractivity contribution in [3.63, 3.8) is 0 Å². The van der Waals surface area contributed by atoms with Crippen LogP contribution in [0, 0.1) is 0 Å². The molecule has 1 aromatic carbocycles. The predicted octanol–water partition coefficient (Wildman–Crippen LogP) is 3.15. The van der Waals surface area contributed by atoms with E-state index in [-0.39, 0.29) is 29.1 Å². The molecule has 1 saturated heterocycles. The Morgan fingerprint density at radius 3 is 2.64 bits per heavy atom. The minimum absolute atomic E-state index is 0.0193. The third kappa shape index (κ3) is 4.64. The first-order valence-electron chi connectivity index (χ1n) is 8.02. The van der Waals surface area contributed by atoms with Crippen LogP contribution in [0.5, 0.6) is 0 Å². The first-order valence-corrected chi connectivity index (χ1v) is 9.60. The molecule has 10 heteroatoms. The lowest BCUT2D eigenvalue weighted by molar-refractivity contribution is -0.122. The summed E-state index contributed by atoms with van der Waals surface area (Å²) in [6.07, 6.45) is 2.82. The number of nitrogens with one attached hydrogen (secondary N) is 2. The number of aromatic nitrogens is 1. The number of aromatic amines is 1. The second-order valence-corrected chi connectivity index (χ2v) is 7.53. The zero-order valence-corrected chi connectivity index (χ0v) is 16.5. The SMILES string of the molecule is O=C(NCCN1C(=O)S/C(=C\c2ccc(Cl)cc2Cl)C1=O)c1ccc(=O)[nH]c1. The van der Waals surface area contributed by atoms with Crippen molar-refractivity contribution < 1.29 is 14.4 Å². The number of H-pyrrole nitrogens is 1. The number of carbonyl (C=O) groups excluding carboxylic acids is 3. The average molecular weight is 438 g/mol. The number of hydrogen-bond acceptors (Lipinski definition) is 5. The van der Waals surface area contributed by atoms with Crippen LogP contribution in [0.1, 0.15) is 15.9 Å². The molecule has 0 saturated carbocycles. The Morgan fingerprint density at radius 2 is 1.96 bits per heavy atom. The van der Waals surface area contributed by atoms with E-state index in [2.05, 4.69) is 10.3 Å². The first kappa shape index (κ1) is 20.2. The Labute approximate surface area is 173 Å². The molecule has 0 unspecified atom stereocenters. The number of halogens is 2. The van der Waals surface area contributed by atoms with Crippen LogP contribution < -0.4 is 10.9 Å². The van der Waals surface area contributed by atoms with Gasteiger partial charge in [0.15, 0.2) is 0 Å². The maximum atomic E-state index is 12.5. The Morgan fingerprint density at radius 1 is 1.18 bits per heavy atom. The minimum Gasteiger partial charge on any atom is -0.350 e. The van der Waals surface area contributed by atoms with Gasteiger partial charge in [-0.15, -0.1) is 0 Å². The van der Waals surface area contributed by atoms with Gasteiger partial charge in [-0.3, -0.25) is 24.1 Å². The van der Waals surface area contributed by atoms with Crippen molar-refractivity contribution in [2.24, 2.45) is 0 Å². The molecule has 1 aliphatic rings. The van der Waals surface area contributed by atoms with E-state index in [0.717, 1.165) is 16.7 Å². The molecule has 7 nitrogen and oxygen atoms in total. The topological polar surface area (TPSA) is 99.3 Å². The molecule has 2 N–H and O–H groups in total. The maximum absolute atomic E-state index is 12.5. The van der Waals surface area contributed by atoms with E-state index in [9.17, 15) is 19.2 Å². The second-order valence-electron chi connectivity index (χ2n) is 5.70. The summed E-state index contributed by atoms with van der Waals surface area (Å²) in [6, 6.07) is 7.45. The molecule has 0 spiro atoms. The Kier molecular flexibility index (Phi) is 6.23. The van der Waals surface area contributed by atoms with Gasteiger partial charge in [0.25, 0.3) is 17.1 Å². The fourth-order valence-corrected chi connectivity index (χ4v) is 3.71. The third-order valence-electron chi connectivity index (χ3n) is 3.79. The summed E-state index contributed by atoms with van der Waals surface area (Å²) in [5, 5.41) is 3.00. The highest BCUT2D eigenvalue weighted by Gasteiger charge is 2.34. The van der Waals surface area contributed by atoms with Gasteiger partial charge in [0.1, 0.15) is 0 Å². The molecule has 0 aliphatic carbocycles. The van der Waals surface area contributed by atoms with Gasteiger partial charge in [0.05, 0.1) is 10.5 Å². The average Bonchev–Trinajstić information content (AvgIpc) is 2.92. The van der Waals surface area contributed by atoms with Crippen molar-refractivity contribution in [2.45, 2.75) is 0 Å². The molecule has 0 radical (unpaired) electrons. The van der Waals surface area contributed by atoms with E-state index in [0.29, 0.717) is 15.6 Å². The first-order chi connectivity index (χ1) is 13.3. The number of thioether (sulfide) groups is 1. The highest BCUT2D eigenvalue weighted by atomic mass is 35.5. The van der Waals surface area contributed by atoms with Crippen LogP contribution in [0.4, 0.5) is 4.79 Å². The van der Waals surface area contributed by atoms with Gasteiger partial charge in [-0.1, -0.05) is 29.3 Å². The molecular formula is C18H13Cl2N3O4S. The van der Waals surface area contributed by atoms with Gasteiger partial charge < -0.3 is 10.3 Å². The quantitative estimate of drug-likeness (QED) is 0.699. The van der Waals surface area contributed by atoms with Crippen LogP contribution in [0.3, 0.4) is 0 Å². The molecular weight excluding hydrogens is 425 g/mol. The molecule has 3 amide bonds. The highest BCUT2D eigenvalue weighted by molar-refractivity contribution is 8.18. The Bertz CT molecular complexity index is 1030. The van der Waals surface area contributed by atoms with E-state index in [1.807, 2.05) is 0 Å². The normalized spacial score (nSPS) is 15.4. The summed E-state index contributed by atoms with van der Waals surface area (Å²) in [5.74, 6) is -0.883. The highest BCUT2D eigenvalue weighted by Crippen LogP contribution is 2.33. The van der Waals surface area contributed by atoms with Gasteiger partial charge in [-0.2, -0.15) is 0 Å². The van der Waals surface area contributed by atoms with Crippen LogP contribution in [-0.4, -0.2) is 40.0 Å². The van der Waals surface area contributed by atoms with Crippen LogP contribution in [0.25, 0.3) is 6.08 Å². The molecule has 28 heavy (non-hydrogen) atoms. The Hall–Kier alpha value is -2.55. The van der Waals surface area contributed by atoms with Crippen molar-refractivity contribution in [1.29, 1.82) is 0 Å². The van der Waals surface area contributed by atoms with E-state index in [1.54, 1.807) is 18.2 Å². The van der Waals surface area contributed by atoms with E-state index >= 15 is 0 Å². The largest absolute Gasteiger partial charge is 0.350 e. The summed E-state index contributed by atoms with van der Waals surface area (Å²) in [4.78, 5) is 51.3. The molecule has 1 fully saturated rings. The number of rotatable bonds is 5. The second kappa shape index (κ2) is 8.64.